The second-order valence-corrected chi connectivity index (χ2v) is 13.1. The summed E-state index contributed by atoms with van der Waals surface area (Å²) < 4.78 is 0. The zero-order valence-corrected chi connectivity index (χ0v) is 27.1. The summed E-state index contributed by atoms with van der Waals surface area (Å²) in [6, 6.07) is 19.6. The Morgan fingerprint density at radius 3 is 1.86 bits per heavy atom. The Kier molecular flexibility index (Phi) is 10.4. The molecule has 1 N–H and O–H groups in total. The lowest BCUT2D eigenvalue weighted by atomic mass is 9.85. The number of hydrogen-bond acceptors (Lipinski definition) is 2. The van der Waals surface area contributed by atoms with Gasteiger partial charge in [-0.25, -0.2) is 0 Å². The average Bonchev–Trinajstić information content (AvgIpc) is 2.91. The van der Waals surface area contributed by atoms with Crippen LogP contribution in [-0.2, 0) is 10.8 Å². The maximum atomic E-state index is 14.1. The van der Waals surface area contributed by atoms with E-state index in [1.54, 1.807) is 0 Å². The summed E-state index contributed by atoms with van der Waals surface area (Å²) in [4.78, 5) is 29.3. The standard InChI is InChI=1S/C38H48N2O2/c1-11-13-22-40(36(42)33-21-19-30(24-27(33)4)38(8,9)10)34(15-12-2)28-16-14-17-31(25-28)39-35(41)32-20-18-29(23-26(32)3)37(5,6)7/h11-21,23-25,34H,22H2,1-10H3,(H,39,41)/b13-11+,15-12+. The van der Waals surface area contributed by atoms with Gasteiger partial charge in [-0.05, 0) is 90.6 Å². The number of amides is 2. The van der Waals surface area contributed by atoms with E-state index in [1.165, 1.54) is 11.1 Å². The smallest absolute Gasteiger partial charge is 0.255 e. The van der Waals surface area contributed by atoms with E-state index in [4.69, 9.17) is 0 Å². The fraction of sp³-hybridized carbons (Fsp3) is 0.368. The lowest BCUT2D eigenvalue weighted by molar-refractivity contribution is 0.0732. The van der Waals surface area contributed by atoms with Crippen molar-refractivity contribution < 1.29 is 9.59 Å². The van der Waals surface area contributed by atoms with Gasteiger partial charge in [0.15, 0.2) is 0 Å². The molecule has 0 radical (unpaired) electrons. The Morgan fingerprint density at radius 2 is 1.36 bits per heavy atom. The molecule has 0 fully saturated rings. The molecule has 2 amide bonds. The molecule has 0 aliphatic heterocycles. The van der Waals surface area contributed by atoms with Gasteiger partial charge in [-0.15, -0.1) is 0 Å². The van der Waals surface area contributed by atoms with Crippen LogP contribution < -0.4 is 5.32 Å². The number of hydrogen-bond donors (Lipinski definition) is 1. The molecule has 0 saturated heterocycles. The SMILES string of the molecule is C/C=C/CN(C(=O)c1ccc(C(C)(C)C)cc1C)C(/C=C/C)c1cccc(NC(=O)c2ccc(C(C)(C)C)cc2C)c1. The fourth-order valence-corrected chi connectivity index (χ4v) is 5.03. The van der Waals surface area contributed by atoms with Crippen LogP contribution in [0.1, 0.15) is 110 Å². The van der Waals surface area contributed by atoms with Crippen molar-refractivity contribution in [2.45, 2.75) is 86.1 Å². The average molecular weight is 565 g/mol. The van der Waals surface area contributed by atoms with Gasteiger partial charge in [0, 0.05) is 23.4 Å². The summed E-state index contributed by atoms with van der Waals surface area (Å²) in [5.74, 6) is -0.178. The molecular formula is C38H48N2O2. The van der Waals surface area contributed by atoms with Crippen molar-refractivity contribution in [2.75, 3.05) is 11.9 Å². The number of nitrogens with one attached hydrogen (secondary N) is 1. The first kappa shape index (κ1) is 32.6. The van der Waals surface area contributed by atoms with Crippen molar-refractivity contribution in [3.8, 4) is 0 Å². The zero-order valence-electron chi connectivity index (χ0n) is 27.1. The minimum atomic E-state index is -0.315. The van der Waals surface area contributed by atoms with E-state index in [0.717, 1.165) is 16.7 Å². The second kappa shape index (κ2) is 13.4. The molecular weight excluding hydrogens is 516 g/mol. The number of rotatable bonds is 8. The molecule has 4 nitrogen and oxygen atoms in total. The largest absolute Gasteiger partial charge is 0.324 e. The van der Waals surface area contributed by atoms with E-state index < -0.39 is 0 Å². The first-order chi connectivity index (χ1) is 19.7. The highest BCUT2D eigenvalue weighted by Gasteiger charge is 2.26. The van der Waals surface area contributed by atoms with Crippen molar-refractivity contribution in [2.24, 2.45) is 0 Å². The van der Waals surface area contributed by atoms with Crippen LogP contribution in [-0.4, -0.2) is 23.3 Å². The Hall–Kier alpha value is -3.92. The van der Waals surface area contributed by atoms with Gasteiger partial charge < -0.3 is 10.2 Å². The first-order valence-electron chi connectivity index (χ1n) is 14.9. The molecule has 3 rings (SSSR count). The molecule has 42 heavy (non-hydrogen) atoms. The van der Waals surface area contributed by atoms with Crippen LogP contribution in [0.5, 0.6) is 0 Å². The molecule has 1 atom stereocenters. The number of aryl methyl sites for hydroxylation is 2. The lowest BCUT2D eigenvalue weighted by Gasteiger charge is -2.31. The summed E-state index contributed by atoms with van der Waals surface area (Å²) in [5.41, 5.74) is 7.28. The minimum absolute atomic E-state index is 0.00248. The molecule has 0 saturated carbocycles. The van der Waals surface area contributed by atoms with Crippen LogP contribution >= 0.6 is 0 Å². The topological polar surface area (TPSA) is 49.4 Å². The van der Waals surface area contributed by atoms with Crippen molar-refractivity contribution in [1.82, 2.24) is 4.90 Å². The lowest BCUT2D eigenvalue weighted by Crippen LogP contribution is -2.35. The van der Waals surface area contributed by atoms with Crippen LogP contribution in [0.2, 0.25) is 0 Å². The molecule has 0 spiro atoms. The highest BCUT2D eigenvalue weighted by Crippen LogP contribution is 2.30. The van der Waals surface area contributed by atoms with E-state index in [1.807, 2.05) is 99.4 Å². The number of nitrogens with zero attached hydrogens (tertiary/aromatic N) is 1. The number of benzene rings is 3. The van der Waals surface area contributed by atoms with Crippen molar-refractivity contribution in [3.05, 3.63) is 124 Å². The van der Waals surface area contributed by atoms with E-state index in [2.05, 4.69) is 65.1 Å². The first-order valence-corrected chi connectivity index (χ1v) is 14.9. The van der Waals surface area contributed by atoms with Gasteiger partial charge in [-0.2, -0.15) is 0 Å². The van der Waals surface area contributed by atoms with Gasteiger partial charge in [-0.1, -0.05) is 102 Å². The maximum absolute atomic E-state index is 14.1. The quantitative estimate of drug-likeness (QED) is 0.277. The molecule has 3 aromatic carbocycles. The molecule has 4 heteroatoms. The predicted molar refractivity (Wildman–Crippen MR) is 178 cm³/mol. The summed E-state index contributed by atoms with van der Waals surface area (Å²) in [6.07, 6.45) is 7.98. The van der Waals surface area contributed by atoms with Gasteiger partial charge in [0.25, 0.3) is 11.8 Å². The molecule has 0 aliphatic rings. The molecule has 0 aromatic heterocycles. The minimum Gasteiger partial charge on any atom is -0.324 e. The highest BCUT2D eigenvalue weighted by molar-refractivity contribution is 6.05. The Morgan fingerprint density at radius 1 is 0.786 bits per heavy atom. The second-order valence-electron chi connectivity index (χ2n) is 13.1. The van der Waals surface area contributed by atoms with E-state index in [9.17, 15) is 9.59 Å². The molecule has 0 heterocycles. The van der Waals surface area contributed by atoms with E-state index >= 15 is 0 Å². The fourth-order valence-electron chi connectivity index (χ4n) is 5.03. The third-order valence-corrected chi connectivity index (χ3v) is 7.66. The van der Waals surface area contributed by atoms with Gasteiger partial charge >= 0.3 is 0 Å². The van der Waals surface area contributed by atoms with Crippen molar-refractivity contribution >= 4 is 17.5 Å². The van der Waals surface area contributed by atoms with E-state index in [0.29, 0.717) is 23.4 Å². The van der Waals surface area contributed by atoms with Gasteiger partial charge in [0.05, 0.1) is 6.04 Å². The Balaban J connectivity index is 1.96. The monoisotopic (exact) mass is 564 g/mol. The van der Waals surface area contributed by atoms with Crippen LogP contribution in [0.25, 0.3) is 0 Å². The van der Waals surface area contributed by atoms with E-state index in [-0.39, 0.29) is 28.7 Å². The number of anilines is 1. The highest BCUT2D eigenvalue weighted by atomic mass is 16.2. The zero-order chi connectivity index (χ0) is 31.2. The van der Waals surface area contributed by atoms with Gasteiger partial charge in [0.2, 0.25) is 0 Å². The third kappa shape index (κ3) is 7.88. The van der Waals surface area contributed by atoms with Crippen molar-refractivity contribution in [3.63, 3.8) is 0 Å². The summed E-state index contributed by atoms with van der Waals surface area (Å²) >= 11 is 0. The Bertz CT molecular complexity index is 1480. The maximum Gasteiger partial charge on any atom is 0.255 e. The van der Waals surface area contributed by atoms with Crippen LogP contribution in [0, 0.1) is 13.8 Å². The molecule has 0 bridgehead atoms. The summed E-state index contributed by atoms with van der Waals surface area (Å²) in [7, 11) is 0. The summed E-state index contributed by atoms with van der Waals surface area (Å²) in [6.45, 7) is 21.4. The normalized spacial score (nSPS) is 13.0. The van der Waals surface area contributed by atoms with Crippen LogP contribution in [0.4, 0.5) is 5.69 Å². The number of allylic oxidation sites excluding steroid dienone is 2. The Labute approximate surface area is 253 Å². The van der Waals surface area contributed by atoms with Gasteiger partial charge in [0.1, 0.15) is 0 Å². The molecule has 1 unspecified atom stereocenters. The molecule has 0 aliphatic carbocycles. The number of carbonyl (C=O) groups is 2. The number of carbonyl (C=O) groups excluding carboxylic acids is 2. The molecule has 3 aromatic rings. The predicted octanol–water partition coefficient (Wildman–Crippen LogP) is 9.49. The summed E-state index contributed by atoms with van der Waals surface area (Å²) in [5, 5.41) is 3.09. The van der Waals surface area contributed by atoms with Crippen molar-refractivity contribution in [1.29, 1.82) is 0 Å². The third-order valence-electron chi connectivity index (χ3n) is 7.66. The van der Waals surface area contributed by atoms with Crippen LogP contribution in [0.3, 0.4) is 0 Å². The van der Waals surface area contributed by atoms with Crippen LogP contribution in [0.15, 0.2) is 85.0 Å². The van der Waals surface area contributed by atoms with Gasteiger partial charge in [-0.3, -0.25) is 9.59 Å². The molecule has 222 valence electrons.